The Balaban J connectivity index is 1.67. The van der Waals surface area contributed by atoms with Gasteiger partial charge >= 0.3 is 0 Å². The van der Waals surface area contributed by atoms with Crippen molar-refractivity contribution in [3.63, 3.8) is 0 Å². The number of aryl methyl sites for hydroxylation is 1. The minimum atomic E-state index is -0.0426. The van der Waals surface area contributed by atoms with Gasteiger partial charge in [-0.05, 0) is 55.2 Å². The number of rotatable bonds is 7. The SMILES string of the molecule is COc1ccc(C(=O)NCCCCc2cccnc2)cc1. The number of aromatic nitrogens is 1. The molecule has 0 aliphatic carbocycles. The molecule has 4 heteroatoms. The summed E-state index contributed by atoms with van der Waals surface area (Å²) >= 11 is 0. The molecule has 110 valence electrons. The summed E-state index contributed by atoms with van der Waals surface area (Å²) in [7, 11) is 1.61. The Morgan fingerprint density at radius 2 is 2.00 bits per heavy atom. The Hall–Kier alpha value is -2.36. The fraction of sp³-hybridized carbons (Fsp3) is 0.294. The van der Waals surface area contributed by atoms with Crippen LogP contribution in [0.25, 0.3) is 0 Å². The van der Waals surface area contributed by atoms with E-state index in [2.05, 4.69) is 16.4 Å². The number of ether oxygens (including phenoxy) is 1. The molecular formula is C17H20N2O2. The van der Waals surface area contributed by atoms with E-state index in [1.165, 1.54) is 5.56 Å². The Labute approximate surface area is 125 Å². The Bertz CT molecular complexity index is 553. The fourth-order valence-corrected chi connectivity index (χ4v) is 2.05. The molecular weight excluding hydrogens is 264 g/mol. The summed E-state index contributed by atoms with van der Waals surface area (Å²) in [6.07, 6.45) is 6.64. The summed E-state index contributed by atoms with van der Waals surface area (Å²) in [5.41, 5.74) is 1.89. The van der Waals surface area contributed by atoms with E-state index in [1.807, 2.05) is 12.3 Å². The lowest BCUT2D eigenvalue weighted by Gasteiger charge is -2.06. The molecule has 1 amide bonds. The fourth-order valence-electron chi connectivity index (χ4n) is 2.05. The number of hydrogen-bond acceptors (Lipinski definition) is 3. The van der Waals surface area contributed by atoms with Gasteiger partial charge in [-0.3, -0.25) is 9.78 Å². The molecule has 2 rings (SSSR count). The first-order valence-corrected chi connectivity index (χ1v) is 7.11. The number of unbranched alkanes of at least 4 members (excludes halogenated alkanes) is 1. The summed E-state index contributed by atoms with van der Waals surface area (Å²) in [6, 6.07) is 11.1. The van der Waals surface area contributed by atoms with Gasteiger partial charge in [-0.1, -0.05) is 6.07 Å². The lowest BCUT2D eigenvalue weighted by molar-refractivity contribution is 0.0953. The van der Waals surface area contributed by atoms with Crippen molar-refractivity contribution < 1.29 is 9.53 Å². The van der Waals surface area contributed by atoms with Crippen LogP contribution in [-0.2, 0) is 6.42 Å². The Morgan fingerprint density at radius 1 is 1.19 bits per heavy atom. The van der Waals surface area contributed by atoms with Gasteiger partial charge in [-0.25, -0.2) is 0 Å². The maximum absolute atomic E-state index is 11.9. The molecule has 0 saturated carbocycles. The average Bonchev–Trinajstić information content (AvgIpc) is 2.55. The first-order chi connectivity index (χ1) is 10.3. The maximum atomic E-state index is 11.9. The van der Waals surface area contributed by atoms with Crippen molar-refractivity contribution in [1.82, 2.24) is 10.3 Å². The third-order valence-electron chi connectivity index (χ3n) is 3.25. The number of pyridine rings is 1. The molecule has 1 aromatic heterocycles. The van der Waals surface area contributed by atoms with Gasteiger partial charge in [-0.15, -0.1) is 0 Å². The molecule has 0 aliphatic heterocycles. The first kappa shape index (κ1) is 15.0. The summed E-state index contributed by atoms with van der Waals surface area (Å²) in [6.45, 7) is 0.686. The maximum Gasteiger partial charge on any atom is 0.251 e. The van der Waals surface area contributed by atoms with E-state index in [4.69, 9.17) is 4.74 Å². The zero-order chi connectivity index (χ0) is 14.9. The zero-order valence-corrected chi connectivity index (χ0v) is 12.2. The minimum Gasteiger partial charge on any atom is -0.497 e. The molecule has 0 atom stereocenters. The van der Waals surface area contributed by atoms with Crippen LogP contribution in [0.3, 0.4) is 0 Å². The van der Waals surface area contributed by atoms with E-state index < -0.39 is 0 Å². The molecule has 21 heavy (non-hydrogen) atoms. The largest absolute Gasteiger partial charge is 0.497 e. The summed E-state index contributed by atoms with van der Waals surface area (Å²) < 4.78 is 5.07. The summed E-state index contributed by atoms with van der Waals surface area (Å²) in [5.74, 6) is 0.710. The highest BCUT2D eigenvalue weighted by molar-refractivity contribution is 5.94. The van der Waals surface area contributed by atoms with E-state index in [1.54, 1.807) is 37.6 Å². The van der Waals surface area contributed by atoms with Crippen molar-refractivity contribution in [3.05, 3.63) is 59.9 Å². The molecule has 1 aromatic carbocycles. The van der Waals surface area contributed by atoms with Gasteiger partial charge in [-0.2, -0.15) is 0 Å². The molecule has 1 N–H and O–H groups in total. The summed E-state index contributed by atoms with van der Waals surface area (Å²) in [5, 5.41) is 2.93. The molecule has 0 aliphatic rings. The van der Waals surface area contributed by atoms with Crippen LogP contribution in [0, 0.1) is 0 Å². The zero-order valence-electron chi connectivity index (χ0n) is 12.2. The van der Waals surface area contributed by atoms with Crippen LogP contribution in [0.4, 0.5) is 0 Å². The van der Waals surface area contributed by atoms with Gasteiger partial charge in [0.15, 0.2) is 0 Å². The smallest absolute Gasteiger partial charge is 0.251 e. The van der Waals surface area contributed by atoms with Crippen molar-refractivity contribution in [2.45, 2.75) is 19.3 Å². The molecule has 4 nitrogen and oxygen atoms in total. The van der Waals surface area contributed by atoms with Crippen LogP contribution in [0.1, 0.15) is 28.8 Å². The highest BCUT2D eigenvalue weighted by Crippen LogP contribution is 2.11. The van der Waals surface area contributed by atoms with E-state index in [0.717, 1.165) is 25.0 Å². The molecule has 0 saturated heterocycles. The van der Waals surface area contributed by atoms with E-state index in [-0.39, 0.29) is 5.91 Å². The quantitative estimate of drug-likeness (QED) is 0.795. The molecule has 0 fully saturated rings. The molecule has 0 spiro atoms. The van der Waals surface area contributed by atoms with Crippen molar-refractivity contribution >= 4 is 5.91 Å². The highest BCUT2D eigenvalue weighted by atomic mass is 16.5. The number of amides is 1. The Kier molecular flexibility index (Phi) is 5.76. The van der Waals surface area contributed by atoms with Crippen LogP contribution in [0.2, 0.25) is 0 Å². The van der Waals surface area contributed by atoms with Gasteiger partial charge in [0, 0.05) is 24.5 Å². The minimum absolute atomic E-state index is 0.0426. The second kappa shape index (κ2) is 8.04. The number of hydrogen-bond donors (Lipinski definition) is 1. The predicted octanol–water partition coefficient (Wildman–Crippen LogP) is 2.84. The first-order valence-electron chi connectivity index (χ1n) is 7.11. The molecule has 0 unspecified atom stereocenters. The van der Waals surface area contributed by atoms with Gasteiger partial charge in [0.2, 0.25) is 0 Å². The van der Waals surface area contributed by atoms with Crippen molar-refractivity contribution in [2.75, 3.05) is 13.7 Å². The van der Waals surface area contributed by atoms with Crippen molar-refractivity contribution in [2.24, 2.45) is 0 Å². The van der Waals surface area contributed by atoms with Gasteiger partial charge in [0.05, 0.1) is 7.11 Å². The third kappa shape index (κ3) is 4.91. The average molecular weight is 284 g/mol. The van der Waals surface area contributed by atoms with E-state index in [0.29, 0.717) is 12.1 Å². The number of benzene rings is 1. The number of carbonyl (C=O) groups is 1. The number of carbonyl (C=O) groups excluding carboxylic acids is 1. The van der Waals surface area contributed by atoms with Crippen molar-refractivity contribution in [3.8, 4) is 5.75 Å². The monoisotopic (exact) mass is 284 g/mol. The second-order valence-corrected chi connectivity index (χ2v) is 4.80. The lowest BCUT2D eigenvalue weighted by Crippen LogP contribution is -2.24. The Morgan fingerprint density at radius 3 is 2.67 bits per heavy atom. The van der Waals surface area contributed by atoms with Gasteiger partial charge < -0.3 is 10.1 Å². The third-order valence-corrected chi connectivity index (χ3v) is 3.25. The van der Waals surface area contributed by atoms with Crippen LogP contribution < -0.4 is 10.1 Å². The number of methoxy groups -OCH3 is 1. The normalized spacial score (nSPS) is 10.1. The van der Waals surface area contributed by atoms with E-state index >= 15 is 0 Å². The molecule has 2 aromatic rings. The molecule has 1 heterocycles. The van der Waals surface area contributed by atoms with Crippen LogP contribution in [-0.4, -0.2) is 24.5 Å². The topological polar surface area (TPSA) is 51.2 Å². The molecule has 0 bridgehead atoms. The van der Waals surface area contributed by atoms with Crippen LogP contribution in [0.15, 0.2) is 48.8 Å². The summed E-state index contributed by atoms with van der Waals surface area (Å²) in [4.78, 5) is 16.0. The lowest BCUT2D eigenvalue weighted by atomic mass is 10.1. The van der Waals surface area contributed by atoms with Crippen LogP contribution in [0.5, 0.6) is 5.75 Å². The van der Waals surface area contributed by atoms with Gasteiger partial charge in [0.25, 0.3) is 5.91 Å². The number of nitrogens with zero attached hydrogens (tertiary/aromatic N) is 1. The number of nitrogens with one attached hydrogen (secondary N) is 1. The molecule has 0 radical (unpaired) electrons. The highest BCUT2D eigenvalue weighted by Gasteiger charge is 2.04. The standard InChI is InChI=1S/C17H20N2O2/c1-21-16-9-7-15(8-10-16)17(20)19-12-3-2-5-14-6-4-11-18-13-14/h4,6-11,13H,2-3,5,12H2,1H3,(H,19,20). The van der Waals surface area contributed by atoms with E-state index in [9.17, 15) is 4.79 Å². The second-order valence-electron chi connectivity index (χ2n) is 4.80. The predicted molar refractivity (Wildman–Crippen MR) is 82.5 cm³/mol. The van der Waals surface area contributed by atoms with Crippen molar-refractivity contribution in [1.29, 1.82) is 0 Å². The van der Waals surface area contributed by atoms with Crippen LogP contribution >= 0.6 is 0 Å². The van der Waals surface area contributed by atoms with Gasteiger partial charge in [0.1, 0.15) is 5.75 Å².